The summed E-state index contributed by atoms with van der Waals surface area (Å²) < 4.78 is 27.1. The Morgan fingerprint density at radius 3 is 2.79 bits per heavy atom. The lowest BCUT2D eigenvalue weighted by molar-refractivity contribution is -0.380. The van der Waals surface area contributed by atoms with E-state index in [4.69, 9.17) is 0 Å². The summed E-state index contributed by atoms with van der Waals surface area (Å²) in [6.07, 6.45) is 0. The van der Waals surface area contributed by atoms with E-state index in [2.05, 4.69) is 5.32 Å². The van der Waals surface area contributed by atoms with Gasteiger partial charge in [-0.2, -0.15) is 0 Å². The number of benzene rings is 1. The topological polar surface area (TPSA) is 55.2 Å². The Morgan fingerprint density at radius 1 is 1.42 bits per heavy atom. The number of thiophene rings is 1. The Bertz CT molecular complexity index is 628. The summed E-state index contributed by atoms with van der Waals surface area (Å²) in [5, 5.41) is 14.7. The molecular weight excluding hydrogens is 274 g/mol. The highest BCUT2D eigenvalue weighted by Crippen LogP contribution is 2.25. The predicted octanol–water partition coefficient (Wildman–Crippen LogP) is 3.86. The summed E-state index contributed by atoms with van der Waals surface area (Å²) in [7, 11) is 0. The summed E-state index contributed by atoms with van der Waals surface area (Å²) >= 11 is 0.978. The summed E-state index contributed by atoms with van der Waals surface area (Å²) in [4.78, 5) is 10.0. The number of halogens is 2. The summed E-state index contributed by atoms with van der Waals surface area (Å²) in [6.45, 7) is 1.66. The molecule has 0 aliphatic heterocycles. The Kier molecular flexibility index (Phi) is 3.75. The molecule has 1 aromatic carbocycles. The Labute approximate surface area is 111 Å². The van der Waals surface area contributed by atoms with Gasteiger partial charge in [0.15, 0.2) is 5.82 Å². The van der Waals surface area contributed by atoms with Gasteiger partial charge in [0, 0.05) is 18.0 Å². The molecule has 100 valence electrons. The molecule has 0 aliphatic rings. The SMILES string of the molecule is Cc1ccc(F)c(NCc2csc([N+](=O)[O-])c2)c1F. The maximum atomic E-state index is 13.7. The second-order valence-corrected chi connectivity index (χ2v) is 4.85. The zero-order valence-corrected chi connectivity index (χ0v) is 10.8. The molecule has 0 fully saturated rings. The molecule has 0 amide bonds. The van der Waals surface area contributed by atoms with Gasteiger partial charge in [-0.15, -0.1) is 0 Å². The van der Waals surface area contributed by atoms with Crippen molar-refractivity contribution in [2.45, 2.75) is 13.5 Å². The zero-order chi connectivity index (χ0) is 14.0. The third kappa shape index (κ3) is 2.87. The molecule has 0 unspecified atom stereocenters. The van der Waals surface area contributed by atoms with Gasteiger partial charge in [0.1, 0.15) is 11.5 Å². The summed E-state index contributed by atoms with van der Waals surface area (Å²) in [5.41, 5.74) is 0.728. The van der Waals surface area contributed by atoms with Crippen molar-refractivity contribution in [3.8, 4) is 0 Å². The molecule has 0 bridgehead atoms. The number of aryl methyl sites for hydroxylation is 1. The lowest BCUT2D eigenvalue weighted by Gasteiger charge is -2.09. The predicted molar refractivity (Wildman–Crippen MR) is 69.4 cm³/mol. The van der Waals surface area contributed by atoms with E-state index in [1.54, 1.807) is 5.38 Å². The van der Waals surface area contributed by atoms with Crippen molar-refractivity contribution in [3.63, 3.8) is 0 Å². The fourth-order valence-electron chi connectivity index (χ4n) is 1.56. The van der Waals surface area contributed by atoms with Gasteiger partial charge in [0.2, 0.25) is 0 Å². The Hall–Kier alpha value is -2.02. The van der Waals surface area contributed by atoms with Crippen molar-refractivity contribution in [2.75, 3.05) is 5.32 Å². The number of nitrogens with one attached hydrogen (secondary N) is 1. The van der Waals surface area contributed by atoms with E-state index in [0.717, 1.165) is 11.3 Å². The number of nitro groups is 1. The minimum absolute atomic E-state index is 0.00184. The molecule has 7 heteroatoms. The normalized spacial score (nSPS) is 10.5. The average Bonchev–Trinajstić information content (AvgIpc) is 2.83. The lowest BCUT2D eigenvalue weighted by Crippen LogP contribution is -2.04. The third-order valence-corrected chi connectivity index (χ3v) is 3.50. The van der Waals surface area contributed by atoms with Crippen molar-refractivity contribution in [3.05, 3.63) is 56.5 Å². The van der Waals surface area contributed by atoms with Crippen molar-refractivity contribution in [2.24, 2.45) is 0 Å². The van der Waals surface area contributed by atoms with Gasteiger partial charge < -0.3 is 5.32 Å². The average molecular weight is 284 g/mol. The van der Waals surface area contributed by atoms with Crippen LogP contribution in [0.4, 0.5) is 19.5 Å². The van der Waals surface area contributed by atoms with Crippen molar-refractivity contribution in [1.82, 2.24) is 0 Å². The number of hydrogen-bond acceptors (Lipinski definition) is 4. The fourth-order valence-corrected chi connectivity index (χ4v) is 2.29. The molecule has 19 heavy (non-hydrogen) atoms. The van der Waals surface area contributed by atoms with Crippen LogP contribution in [0.25, 0.3) is 0 Å². The van der Waals surface area contributed by atoms with E-state index in [0.29, 0.717) is 11.1 Å². The molecule has 4 nitrogen and oxygen atoms in total. The van der Waals surface area contributed by atoms with Crippen LogP contribution in [0.1, 0.15) is 11.1 Å². The standard InChI is InChI=1S/C12H10F2N2O2S/c1-7-2-3-9(13)12(11(7)14)15-5-8-4-10(16(17)18)19-6-8/h2-4,6,15H,5H2,1H3. The first kappa shape index (κ1) is 13.4. The molecular formula is C12H10F2N2O2S. The molecule has 0 spiro atoms. The van der Waals surface area contributed by atoms with E-state index < -0.39 is 16.6 Å². The van der Waals surface area contributed by atoms with Crippen LogP contribution in [0.3, 0.4) is 0 Å². The molecule has 0 atom stereocenters. The van der Waals surface area contributed by atoms with Gasteiger partial charge in [-0.05, 0) is 24.1 Å². The van der Waals surface area contributed by atoms with Crippen LogP contribution in [0.5, 0.6) is 0 Å². The molecule has 2 aromatic rings. The van der Waals surface area contributed by atoms with Crippen LogP contribution in [-0.4, -0.2) is 4.92 Å². The van der Waals surface area contributed by atoms with E-state index in [9.17, 15) is 18.9 Å². The summed E-state index contributed by atoms with van der Waals surface area (Å²) in [5.74, 6) is -1.34. The van der Waals surface area contributed by atoms with Gasteiger partial charge in [0.05, 0.1) is 4.92 Å². The van der Waals surface area contributed by atoms with Crippen LogP contribution < -0.4 is 5.32 Å². The minimum Gasteiger partial charge on any atom is -0.376 e. The summed E-state index contributed by atoms with van der Waals surface area (Å²) in [6, 6.07) is 3.91. The second-order valence-electron chi connectivity index (χ2n) is 3.96. The largest absolute Gasteiger partial charge is 0.376 e. The number of anilines is 1. The van der Waals surface area contributed by atoms with E-state index in [-0.39, 0.29) is 17.2 Å². The minimum atomic E-state index is -0.687. The number of hydrogen-bond donors (Lipinski definition) is 1. The van der Waals surface area contributed by atoms with Gasteiger partial charge in [-0.25, -0.2) is 8.78 Å². The van der Waals surface area contributed by atoms with Crippen LogP contribution in [0, 0.1) is 28.7 Å². The Morgan fingerprint density at radius 2 is 2.16 bits per heavy atom. The highest BCUT2D eigenvalue weighted by atomic mass is 32.1. The molecule has 1 N–H and O–H groups in total. The van der Waals surface area contributed by atoms with Crippen molar-refractivity contribution in [1.29, 1.82) is 0 Å². The molecule has 0 radical (unpaired) electrons. The van der Waals surface area contributed by atoms with E-state index in [1.165, 1.54) is 25.1 Å². The first-order valence-electron chi connectivity index (χ1n) is 5.39. The van der Waals surface area contributed by atoms with E-state index in [1.807, 2.05) is 0 Å². The van der Waals surface area contributed by atoms with E-state index >= 15 is 0 Å². The van der Waals surface area contributed by atoms with Crippen LogP contribution in [-0.2, 0) is 6.54 Å². The van der Waals surface area contributed by atoms with Gasteiger partial charge in [0.25, 0.3) is 0 Å². The quantitative estimate of drug-likeness (QED) is 0.685. The Balaban J connectivity index is 2.14. The second kappa shape index (κ2) is 5.31. The maximum absolute atomic E-state index is 13.7. The van der Waals surface area contributed by atoms with Crippen LogP contribution >= 0.6 is 11.3 Å². The maximum Gasteiger partial charge on any atom is 0.324 e. The number of rotatable bonds is 4. The van der Waals surface area contributed by atoms with Gasteiger partial charge in [-0.3, -0.25) is 10.1 Å². The molecule has 1 aromatic heterocycles. The monoisotopic (exact) mass is 284 g/mol. The third-order valence-electron chi connectivity index (χ3n) is 2.57. The fraction of sp³-hybridized carbons (Fsp3) is 0.167. The van der Waals surface area contributed by atoms with Crippen LogP contribution in [0.2, 0.25) is 0 Å². The van der Waals surface area contributed by atoms with Crippen molar-refractivity contribution < 1.29 is 13.7 Å². The molecule has 0 saturated heterocycles. The molecule has 0 aliphatic carbocycles. The number of nitrogens with zero attached hydrogens (tertiary/aromatic N) is 1. The van der Waals surface area contributed by atoms with Gasteiger partial charge >= 0.3 is 5.00 Å². The first-order chi connectivity index (χ1) is 8.99. The highest BCUT2D eigenvalue weighted by molar-refractivity contribution is 7.13. The smallest absolute Gasteiger partial charge is 0.324 e. The zero-order valence-electron chi connectivity index (χ0n) is 9.94. The first-order valence-corrected chi connectivity index (χ1v) is 6.27. The molecule has 0 saturated carbocycles. The lowest BCUT2D eigenvalue weighted by atomic mass is 10.2. The van der Waals surface area contributed by atoms with Gasteiger partial charge in [-0.1, -0.05) is 17.4 Å². The van der Waals surface area contributed by atoms with Crippen LogP contribution in [0.15, 0.2) is 23.6 Å². The molecule has 2 rings (SSSR count). The van der Waals surface area contributed by atoms with Crippen molar-refractivity contribution >= 4 is 22.0 Å². The molecule has 1 heterocycles. The highest BCUT2D eigenvalue weighted by Gasteiger charge is 2.13.